The second-order valence-electron chi connectivity index (χ2n) is 7.54. The van der Waals surface area contributed by atoms with E-state index in [9.17, 15) is 9.59 Å². The lowest BCUT2D eigenvalue weighted by atomic mass is 10.1. The number of rotatable bonds is 19. The molecule has 0 spiro atoms. The van der Waals surface area contributed by atoms with Gasteiger partial charge in [-0.1, -0.05) is 13.8 Å². The third-order valence-electron chi connectivity index (χ3n) is 4.45. The van der Waals surface area contributed by atoms with Gasteiger partial charge in [-0.3, -0.25) is 9.59 Å². The summed E-state index contributed by atoms with van der Waals surface area (Å²) in [7, 11) is 0. The van der Waals surface area contributed by atoms with Crippen molar-refractivity contribution in [1.82, 2.24) is 21.3 Å². The molecule has 0 heterocycles. The molecular formula is C20H44N6O2. The molecule has 0 radical (unpaired) electrons. The largest absolute Gasteiger partial charge is 0.356 e. The van der Waals surface area contributed by atoms with Crippen molar-refractivity contribution < 1.29 is 9.59 Å². The quantitative estimate of drug-likeness (QED) is 0.170. The molecule has 0 fully saturated rings. The number of nitrogens with one attached hydrogen (secondary N) is 4. The molecule has 0 aliphatic rings. The van der Waals surface area contributed by atoms with Crippen molar-refractivity contribution in [2.75, 3.05) is 45.8 Å². The number of hydrogen-bond acceptors (Lipinski definition) is 6. The maximum atomic E-state index is 11.9. The SMILES string of the molecule is CC(C)C(=O)NCCCCC(N)C(=O)NCCCNCCCCNCCCN. The smallest absolute Gasteiger partial charge is 0.236 e. The summed E-state index contributed by atoms with van der Waals surface area (Å²) in [6, 6.07) is -0.472. The molecule has 0 aliphatic carbocycles. The Morgan fingerprint density at radius 3 is 1.82 bits per heavy atom. The van der Waals surface area contributed by atoms with Gasteiger partial charge in [-0.25, -0.2) is 0 Å². The van der Waals surface area contributed by atoms with Crippen molar-refractivity contribution in [2.45, 2.75) is 64.8 Å². The van der Waals surface area contributed by atoms with Crippen LogP contribution in [0.4, 0.5) is 0 Å². The summed E-state index contributed by atoms with van der Waals surface area (Å²) in [6.07, 6.45) is 6.54. The Morgan fingerprint density at radius 2 is 1.21 bits per heavy atom. The monoisotopic (exact) mass is 400 g/mol. The number of hydrogen-bond donors (Lipinski definition) is 6. The average molecular weight is 401 g/mol. The lowest BCUT2D eigenvalue weighted by Gasteiger charge is -2.13. The van der Waals surface area contributed by atoms with E-state index >= 15 is 0 Å². The Labute approximate surface area is 171 Å². The van der Waals surface area contributed by atoms with E-state index in [4.69, 9.17) is 11.5 Å². The van der Waals surface area contributed by atoms with Gasteiger partial charge >= 0.3 is 0 Å². The predicted molar refractivity (Wildman–Crippen MR) is 116 cm³/mol. The molecule has 28 heavy (non-hydrogen) atoms. The molecule has 1 atom stereocenters. The van der Waals surface area contributed by atoms with E-state index in [1.54, 1.807) is 0 Å². The molecule has 0 aromatic rings. The molecular weight excluding hydrogens is 356 g/mol. The lowest BCUT2D eigenvalue weighted by molar-refractivity contribution is -0.124. The molecule has 0 saturated carbocycles. The van der Waals surface area contributed by atoms with Crippen LogP contribution in [0.25, 0.3) is 0 Å². The van der Waals surface area contributed by atoms with E-state index in [0.717, 1.165) is 71.2 Å². The van der Waals surface area contributed by atoms with Gasteiger partial charge in [0.05, 0.1) is 6.04 Å². The zero-order valence-electron chi connectivity index (χ0n) is 18.0. The number of unbranched alkanes of at least 4 members (excludes halogenated alkanes) is 2. The highest BCUT2D eigenvalue weighted by Crippen LogP contribution is 1.99. The van der Waals surface area contributed by atoms with Gasteiger partial charge in [-0.2, -0.15) is 0 Å². The summed E-state index contributed by atoms with van der Waals surface area (Å²) in [6.45, 7) is 9.70. The summed E-state index contributed by atoms with van der Waals surface area (Å²) in [4.78, 5) is 23.4. The fourth-order valence-electron chi connectivity index (χ4n) is 2.57. The molecule has 0 aliphatic heterocycles. The topological polar surface area (TPSA) is 134 Å². The van der Waals surface area contributed by atoms with E-state index in [2.05, 4.69) is 21.3 Å². The minimum absolute atomic E-state index is 0.00555. The summed E-state index contributed by atoms with van der Waals surface area (Å²) in [5.74, 6) is -0.0180. The van der Waals surface area contributed by atoms with Crippen LogP contribution >= 0.6 is 0 Å². The summed E-state index contributed by atoms with van der Waals surface area (Å²) in [5, 5.41) is 12.5. The van der Waals surface area contributed by atoms with Crippen LogP contribution in [0, 0.1) is 5.92 Å². The molecule has 2 amide bonds. The van der Waals surface area contributed by atoms with Crippen LogP contribution in [0.15, 0.2) is 0 Å². The van der Waals surface area contributed by atoms with Gasteiger partial charge in [0.15, 0.2) is 0 Å². The lowest BCUT2D eigenvalue weighted by Crippen LogP contribution is -2.41. The third-order valence-corrected chi connectivity index (χ3v) is 4.45. The first-order valence-corrected chi connectivity index (χ1v) is 10.9. The van der Waals surface area contributed by atoms with Crippen molar-refractivity contribution in [1.29, 1.82) is 0 Å². The molecule has 1 unspecified atom stereocenters. The Hall–Kier alpha value is -1.22. The van der Waals surface area contributed by atoms with Crippen LogP contribution < -0.4 is 32.7 Å². The van der Waals surface area contributed by atoms with Crippen molar-refractivity contribution in [2.24, 2.45) is 17.4 Å². The minimum Gasteiger partial charge on any atom is -0.356 e. The highest BCUT2D eigenvalue weighted by Gasteiger charge is 2.12. The first kappa shape index (κ1) is 26.8. The number of amides is 2. The maximum absolute atomic E-state index is 11.9. The van der Waals surface area contributed by atoms with Gasteiger partial charge in [0.1, 0.15) is 0 Å². The van der Waals surface area contributed by atoms with Gasteiger partial charge in [0, 0.05) is 19.0 Å². The van der Waals surface area contributed by atoms with Crippen molar-refractivity contribution in [3.63, 3.8) is 0 Å². The highest BCUT2D eigenvalue weighted by atomic mass is 16.2. The minimum atomic E-state index is -0.472. The molecule has 0 aromatic heterocycles. The first-order valence-electron chi connectivity index (χ1n) is 10.9. The van der Waals surface area contributed by atoms with Crippen LogP contribution in [-0.2, 0) is 9.59 Å². The van der Waals surface area contributed by atoms with E-state index < -0.39 is 6.04 Å². The van der Waals surface area contributed by atoms with E-state index in [1.165, 1.54) is 0 Å². The Bertz CT molecular complexity index is 393. The second kappa shape index (κ2) is 19.1. The van der Waals surface area contributed by atoms with Gasteiger partial charge in [0.2, 0.25) is 11.8 Å². The first-order chi connectivity index (χ1) is 13.5. The van der Waals surface area contributed by atoms with Crippen molar-refractivity contribution >= 4 is 11.8 Å². The Balaban J connectivity index is 3.40. The van der Waals surface area contributed by atoms with Crippen LogP contribution in [-0.4, -0.2) is 63.7 Å². The second-order valence-corrected chi connectivity index (χ2v) is 7.54. The molecule has 0 bridgehead atoms. The molecule has 0 saturated heterocycles. The maximum Gasteiger partial charge on any atom is 0.236 e. The molecule has 8 N–H and O–H groups in total. The number of nitrogens with two attached hydrogens (primary N) is 2. The van der Waals surface area contributed by atoms with E-state index in [0.29, 0.717) is 19.5 Å². The zero-order valence-corrected chi connectivity index (χ0v) is 18.0. The zero-order chi connectivity index (χ0) is 21.0. The van der Waals surface area contributed by atoms with Gasteiger partial charge in [-0.15, -0.1) is 0 Å². The normalized spacial score (nSPS) is 12.2. The molecule has 8 heteroatoms. The molecule has 0 rings (SSSR count). The summed E-state index contributed by atoms with van der Waals surface area (Å²) in [5.41, 5.74) is 11.4. The fraction of sp³-hybridized carbons (Fsp3) is 0.900. The number of carbonyl (C=O) groups is 2. The van der Waals surface area contributed by atoms with Crippen LogP contribution in [0.1, 0.15) is 58.8 Å². The van der Waals surface area contributed by atoms with Crippen LogP contribution in [0.3, 0.4) is 0 Å². The predicted octanol–water partition coefficient (Wildman–Crippen LogP) is 0.0707. The van der Waals surface area contributed by atoms with Gasteiger partial charge < -0.3 is 32.7 Å². The van der Waals surface area contributed by atoms with E-state index in [1.807, 2.05) is 13.8 Å². The van der Waals surface area contributed by atoms with Crippen molar-refractivity contribution in [3.8, 4) is 0 Å². The van der Waals surface area contributed by atoms with E-state index in [-0.39, 0.29) is 17.7 Å². The fourth-order valence-corrected chi connectivity index (χ4v) is 2.57. The van der Waals surface area contributed by atoms with Crippen LogP contribution in [0.5, 0.6) is 0 Å². The Morgan fingerprint density at radius 1 is 0.714 bits per heavy atom. The molecule has 0 aromatic carbocycles. The summed E-state index contributed by atoms with van der Waals surface area (Å²) >= 11 is 0. The van der Waals surface area contributed by atoms with Crippen molar-refractivity contribution in [3.05, 3.63) is 0 Å². The molecule has 166 valence electrons. The average Bonchev–Trinajstić information content (AvgIpc) is 2.67. The van der Waals surface area contributed by atoms with Crippen LogP contribution in [0.2, 0.25) is 0 Å². The Kier molecular flexibility index (Phi) is 18.3. The van der Waals surface area contributed by atoms with Gasteiger partial charge in [-0.05, 0) is 77.7 Å². The summed E-state index contributed by atoms with van der Waals surface area (Å²) < 4.78 is 0. The highest BCUT2D eigenvalue weighted by molar-refractivity contribution is 5.81. The number of carbonyl (C=O) groups excluding carboxylic acids is 2. The standard InChI is InChI=1S/C20H44N6O2/c1-17(2)19(27)25-15-4-3-9-18(22)20(28)26-16-8-14-24-12-6-5-11-23-13-7-10-21/h17-18,23-24H,3-16,21-22H2,1-2H3,(H,25,27)(H,26,28). The van der Waals surface area contributed by atoms with Gasteiger partial charge in [0.25, 0.3) is 0 Å². The molecule has 8 nitrogen and oxygen atoms in total. The third kappa shape index (κ3) is 16.9.